The van der Waals surface area contributed by atoms with E-state index >= 15 is 0 Å². The van der Waals surface area contributed by atoms with Crippen LogP contribution >= 0.6 is 11.6 Å². The van der Waals surface area contributed by atoms with Gasteiger partial charge in [0.05, 0.1) is 17.7 Å². The summed E-state index contributed by atoms with van der Waals surface area (Å²) in [5, 5.41) is 0.566. The number of halogens is 1. The highest BCUT2D eigenvalue weighted by atomic mass is 35.5. The van der Waals surface area contributed by atoms with Crippen molar-refractivity contribution in [1.82, 2.24) is 9.38 Å². The molecule has 0 bridgehead atoms. The van der Waals surface area contributed by atoms with E-state index < -0.39 is 0 Å². The lowest BCUT2D eigenvalue weighted by Gasteiger charge is -2.08. The molecule has 0 atom stereocenters. The van der Waals surface area contributed by atoms with Gasteiger partial charge in [-0.2, -0.15) is 0 Å². The lowest BCUT2D eigenvalue weighted by atomic mass is 10.1. The number of benzene rings is 1. The highest BCUT2D eigenvalue weighted by Gasteiger charge is 2.18. The van der Waals surface area contributed by atoms with Crippen molar-refractivity contribution >= 4 is 23.1 Å². The molecule has 4 nitrogen and oxygen atoms in total. The van der Waals surface area contributed by atoms with Gasteiger partial charge in [0.15, 0.2) is 0 Å². The molecule has 0 unspecified atom stereocenters. The second kappa shape index (κ2) is 4.72. The number of aryl methyl sites for hydroxylation is 1. The smallest absolute Gasteiger partial charge is 0.139 e. The topological polar surface area (TPSA) is 52.5 Å². The Labute approximate surface area is 121 Å². The Morgan fingerprint density at radius 1 is 1.25 bits per heavy atom. The van der Waals surface area contributed by atoms with Gasteiger partial charge in [-0.1, -0.05) is 23.7 Å². The number of fused-ring (bicyclic) bond motifs is 1. The molecule has 0 aliphatic carbocycles. The fraction of sp³-hybridized carbons (Fsp3) is 0.133. The third-order valence-corrected chi connectivity index (χ3v) is 3.55. The van der Waals surface area contributed by atoms with Gasteiger partial charge in [-0.15, -0.1) is 0 Å². The van der Waals surface area contributed by atoms with E-state index in [0.29, 0.717) is 22.3 Å². The largest absolute Gasteiger partial charge is 0.496 e. The van der Waals surface area contributed by atoms with Crippen LogP contribution in [0.5, 0.6) is 5.75 Å². The van der Waals surface area contributed by atoms with Crippen molar-refractivity contribution in [3.05, 3.63) is 47.1 Å². The maximum atomic E-state index is 6.29. The summed E-state index contributed by atoms with van der Waals surface area (Å²) < 4.78 is 7.22. The minimum atomic E-state index is 0.551. The number of nitrogens with two attached hydrogens (primary N) is 1. The van der Waals surface area contributed by atoms with Crippen molar-refractivity contribution in [3.63, 3.8) is 0 Å². The van der Waals surface area contributed by atoms with Crippen molar-refractivity contribution < 1.29 is 4.74 Å². The molecule has 0 aliphatic rings. The molecule has 3 aromatic rings. The number of anilines is 1. The summed E-state index contributed by atoms with van der Waals surface area (Å²) >= 11 is 6.29. The molecule has 2 N–H and O–H groups in total. The zero-order valence-corrected chi connectivity index (χ0v) is 12.0. The molecule has 0 spiro atoms. The normalized spacial score (nSPS) is 10.9. The first-order valence-electron chi connectivity index (χ1n) is 6.19. The van der Waals surface area contributed by atoms with Crippen molar-refractivity contribution in [3.8, 4) is 17.0 Å². The van der Waals surface area contributed by atoms with E-state index in [-0.39, 0.29) is 0 Å². The van der Waals surface area contributed by atoms with Gasteiger partial charge in [0.25, 0.3) is 0 Å². The number of pyridine rings is 1. The molecule has 1 aromatic carbocycles. The number of nitrogens with zero attached hydrogens (tertiary/aromatic N) is 2. The Kier molecular flexibility index (Phi) is 3.03. The summed E-state index contributed by atoms with van der Waals surface area (Å²) in [6.07, 6.45) is 1.95. The minimum Gasteiger partial charge on any atom is -0.496 e. The second-order valence-electron chi connectivity index (χ2n) is 4.60. The first-order chi connectivity index (χ1) is 9.61. The molecule has 0 aliphatic heterocycles. The van der Waals surface area contributed by atoms with Crippen LogP contribution < -0.4 is 10.5 Å². The van der Waals surface area contributed by atoms with Gasteiger partial charge in [0, 0.05) is 6.20 Å². The van der Waals surface area contributed by atoms with Crippen molar-refractivity contribution in [2.24, 2.45) is 0 Å². The van der Waals surface area contributed by atoms with E-state index in [9.17, 15) is 0 Å². The molecule has 2 heterocycles. The maximum Gasteiger partial charge on any atom is 0.139 e. The number of imidazole rings is 1. The summed E-state index contributed by atoms with van der Waals surface area (Å²) in [5.41, 5.74) is 9.47. The lowest BCUT2D eigenvalue weighted by molar-refractivity contribution is 0.416. The zero-order chi connectivity index (χ0) is 14.3. The number of methoxy groups -OCH3 is 1. The van der Waals surface area contributed by atoms with Gasteiger partial charge >= 0.3 is 0 Å². The number of hydrogen-bond acceptors (Lipinski definition) is 3. The molecule has 5 heteroatoms. The quantitative estimate of drug-likeness (QED) is 0.784. The summed E-state index contributed by atoms with van der Waals surface area (Å²) in [5.74, 6) is 1.21. The lowest BCUT2D eigenvalue weighted by Crippen LogP contribution is -1.96. The van der Waals surface area contributed by atoms with Crippen LogP contribution in [-0.4, -0.2) is 16.5 Å². The SMILES string of the molecule is COc1cccc(Cl)c1-c1nc2ccc(C)cn2c1N. The molecule has 0 amide bonds. The van der Waals surface area contributed by atoms with E-state index in [1.54, 1.807) is 13.2 Å². The van der Waals surface area contributed by atoms with Crippen LogP contribution in [0.25, 0.3) is 16.9 Å². The summed E-state index contributed by atoms with van der Waals surface area (Å²) in [6.45, 7) is 2.01. The highest BCUT2D eigenvalue weighted by molar-refractivity contribution is 6.33. The summed E-state index contributed by atoms with van der Waals surface area (Å²) in [7, 11) is 1.60. The molecule has 102 valence electrons. The van der Waals surface area contributed by atoms with Gasteiger partial charge in [0.1, 0.15) is 22.9 Å². The molecule has 0 saturated carbocycles. The maximum absolute atomic E-state index is 6.29. The first kappa shape index (κ1) is 12.8. The Morgan fingerprint density at radius 3 is 2.80 bits per heavy atom. The Balaban J connectivity index is 2.33. The standard InChI is InChI=1S/C15H14ClN3O/c1-9-6-7-12-18-14(15(17)19(12)8-9)13-10(16)4-3-5-11(13)20-2/h3-8H,17H2,1-2H3. The van der Waals surface area contributed by atoms with Crippen LogP contribution in [0.15, 0.2) is 36.5 Å². The van der Waals surface area contributed by atoms with E-state index in [1.807, 2.05) is 41.8 Å². The van der Waals surface area contributed by atoms with E-state index in [2.05, 4.69) is 4.98 Å². The summed E-state index contributed by atoms with van der Waals surface area (Å²) in [4.78, 5) is 4.57. The number of rotatable bonds is 2. The molecule has 20 heavy (non-hydrogen) atoms. The van der Waals surface area contributed by atoms with Crippen LogP contribution in [0.1, 0.15) is 5.56 Å². The second-order valence-corrected chi connectivity index (χ2v) is 5.00. The monoisotopic (exact) mass is 287 g/mol. The van der Waals surface area contributed by atoms with Gasteiger partial charge in [-0.3, -0.25) is 4.40 Å². The number of hydrogen-bond donors (Lipinski definition) is 1. The highest BCUT2D eigenvalue weighted by Crippen LogP contribution is 2.38. The number of ether oxygens (including phenoxy) is 1. The van der Waals surface area contributed by atoms with Crippen LogP contribution in [0.3, 0.4) is 0 Å². The Morgan fingerprint density at radius 2 is 2.05 bits per heavy atom. The van der Waals surface area contributed by atoms with Gasteiger partial charge in [-0.25, -0.2) is 4.98 Å². The molecule has 3 rings (SSSR count). The van der Waals surface area contributed by atoms with Crippen LogP contribution in [0, 0.1) is 6.92 Å². The van der Waals surface area contributed by atoms with E-state index in [1.165, 1.54) is 0 Å². The Bertz CT molecular complexity index is 795. The first-order valence-corrected chi connectivity index (χ1v) is 6.56. The van der Waals surface area contributed by atoms with E-state index in [4.69, 9.17) is 22.1 Å². The van der Waals surface area contributed by atoms with Crippen LogP contribution in [0.4, 0.5) is 5.82 Å². The Hall–Kier alpha value is -2.20. The van der Waals surface area contributed by atoms with Crippen molar-refractivity contribution in [2.75, 3.05) is 12.8 Å². The average Bonchev–Trinajstić information content (AvgIpc) is 2.75. The molecule has 0 saturated heterocycles. The van der Waals surface area contributed by atoms with Crippen LogP contribution in [0.2, 0.25) is 5.02 Å². The summed E-state index contributed by atoms with van der Waals surface area (Å²) in [6, 6.07) is 9.40. The number of aromatic nitrogens is 2. The molecule has 2 aromatic heterocycles. The van der Waals surface area contributed by atoms with Crippen LogP contribution in [-0.2, 0) is 0 Å². The third kappa shape index (κ3) is 1.89. The molecule has 0 radical (unpaired) electrons. The third-order valence-electron chi connectivity index (χ3n) is 3.24. The fourth-order valence-electron chi connectivity index (χ4n) is 2.26. The zero-order valence-electron chi connectivity index (χ0n) is 11.2. The van der Waals surface area contributed by atoms with Gasteiger partial charge in [-0.05, 0) is 30.7 Å². The van der Waals surface area contributed by atoms with Crippen molar-refractivity contribution in [2.45, 2.75) is 6.92 Å². The molecular formula is C15H14ClN3O. The predicted molar refractivity (Wildman–Crippen MR) is 81.3 cm³/mol. The average molecular weight is 288 g/mol. The molecule has 0 fully saturated rings. The molecular weight excluding hydrogens is 274 g/mol. The van der Waals surface area contributed by atoms with Crippen molar-refractivity contribution in [1.29, 1.82) is 0 Å². The van der Waals surface area contributed by atoms with Gasteiger partial charge < -0.3 is 10.5 Å². The minimum absolute atomic E-state index is 0.551. The fourth-order valence-corrected chi connectivity index (χ4v) is 2.51. The van der Waals surface area contributed by atoms with Gasteiger partial charge in [0.2, 0.25) is 0 Å². The number of nitrogen functional groups attached to an aromatic ring is 1. The predicted octanol–water partition coefficient (Wildman–Crippen LogP) is 3.55. The van der Waals surface area contributed by atoms with E-state index in [0.717, 1.165) is 16.8 Å².